The molecule has 158 valence electrons. The number of benzene rings is 1. The van der Waals surface area contributed by atoms with E-state index in [2.05, 4.69) is 45.3 Å². The molecule has 2 heterocycles. The van der Waals surface area contributed by atoms with Gasteiger partial charge in [-0.05, 0) is 66.4 Å². The third-order valence-electron chi connectivity index (χ3n) is 4.73. The Balaban J connectivity index is 1.50. The zero-order chi connectivity index (χ0) is 21.7. The Labute approximate surface area is 174 Å². The zero-order valence-corrected chi connectivity index (χ0v) is 17.6. The van der Waals surface area contributed by atoms with Crippen LogP contribution in [0.3, 0.4) is 0 Å². The number of amides is 2. The molecule has 0 fully saturated rings. The summed E-state index contributed by atoms with van der Waals surface area (Å²) in [5.74, 6) is -0.163. The molecule has 0 saturated carbocycles. The first kappa shape index (κ1) is 21.2. The maximum atomic E-state index is 12.2. The second kappa shape index (κ2) is 9.29. The van der Waals surface area contributed by atoms with E-state index in [1.54, 1.807) is 24.3 Å². The topological polar surface area (TPSA) is 120 Å². The highest BCUT2D eigenvalue weighted by atomic mass is 16.2. The number of aromatic nitrogens is 6. The summed E-state index contributed by atoms with van der Waals surface area (Å²) in [4.78, 5) is 24.4. The molecule has 0 radical (unpaired) electrons. The lowest BCUT2D eigenvalue weighted by molar-refractivity contribution is -0.121. The van der Waals surface area contributed by atoms with Gasteiger partial charge in [0.2, 0.25) is 5.91 Å². The van der Waals surface area contributed by atoms with Gasteiger partial charge in [0.1, 0.15) is 6.33 Å². The number of carbonyl (C=O) groups excluding carboxylic acids is 2. The molecule has 0 saturated heterocycles. The maximum absolute atomic E-state index is 12.2. The first-order valence-corrected chi connectivity index (χ1v) is 9.80. The van der Waals surface area contributed by atoms with E-state index in [4.69, 9.17) is 0 Å². The SMILES string of the molecule is Cc1nn(CC(C)C)c(C)c1CCC(=O)NNC(=O)c1ccc(-n2cnnn2)cc1. The van der Waals surface area contributed by atoms with Crippen LogP contribution in [0.1, 0.15) is 47.6 Å². The minimum Gasteiger partial charge on any atom is -0.273 e. The molecule has 0 aliphatic heterocycles. The standard InChI is InChI=1S/C20H26N8O2/c1-13(2)11-27-15(4)18(14(3)24-27)9-10-19(29)22-23-20(30)16-5-7-17(8-6-16)28-12-21-25-26-28/h5-8,12-13H,9-11H2,1-4H3,(H,22,29)(H,23,30). The second-order valence-electron chi connectivity index (χ2n) is 7.53. The summed E-state index contributed by atoms with van der Waals surface area (Å²) in [7, 11) is 0. The number of hydrogen-bond donors (Lipinski definition) is 2. The fourth-order valence-electron chi connectivity index (χ4n) is 3.16. The monoisotopic (exact) mass is 410 g/mol. The van der Waals surface area contributed by atoms with Gasteiger partial charge >= 0.3 is 0 Å². The number of aryl methyl sites for hydroxylation is 1. The van der Waals surface area contributed by atoms with Crippen LogP contribution in [0.2, 0.25) is 0 Å². The Morgan fingerprint density at radius 2 is 1.83 bits per heavy atom. The number of hydrogen-bond acceptors (Lipinski definition) is 6. The van der Waals surface area contributed by atoms with Gasteiger partial charge in [-0.1, -0.05) is 13.8 Å². The fourth-order valence-corrected chi connectivity index (χ4v) is 3.16. The van der Waals surface area contributed by atoms with Crippen molar-refractivity contribution >= 4 is 11.8 Å². The number of nitrogens with one attached hydrogen (secondary N) is 2. The van der Waals surface area contributed by atoms with Crippen LogP contribution < -0.4 is 10.9 Å². The number of hydrazine groups is 1. The lowest BCUT2D eigenvalue weighted by atomic mass is 10.1. The lowest BCUT2D eigenvalue weighted by Gasteiger charge is -2.09. The van der Waals surface area contributed by atoms with E-state index in [0.717, 1.165) is 29.2 Å². The van der Waals surface area contributed by atoms with Crippen molar-refractivity contribution < 1.29 is 9.59 Å². The molecule has 0 unspecified atom stereocenters. The van der Waals surface area contributed by atoms with E-state index in [1.165, 1.54) is 11.0 Å². The van der Waals surface area contributed by atoms with Crippen LogP contribution in [-0.4, -0.2) is 41.8 Å². The highest BCUT2D eigenvalue weighted by Gasteiger charge is 2.14. The summed E-state index contributed by atoms with van der Waals surface area (Å²) < 4.78 is 3.48. The average molecular weight is 410 g/mol. The third kappa shape index (κ3) is 5.07. The molecular weight excluding hydrogens is 384 g/mol. The predicted octanol–water partition coefficient (Wildman–Crippen LogP) is 1.53. The molecule has 0 bridgehead atoms. The van der Waals surface area contributed by atoms with Gasteiger partial charge in [-0.15, -0.1) is 5.10 Å². The first-order chi connectivity index (χ1) is 14.3. The molecule has 2 N–H and O–H groups in total. The largest absolute Gasteiger partial charge is 0.273 e. The maximum Gasteiger partial charge on any atom is 0.269 e. The van der Waals surface area contributed by atoms with Gasteiger partial charge in [0.15, 0.2) is 0 Å². The van der Waals surface area contributed by atoms with Crippen molar-refractivity contribution in [1.82, 2.24) is 40.8 Å². The fraction of sp³-hybridized carbons (Fsp3) is 0.400. The van der Waals surface area contributed by atoms with Gasteiger partial charge in [0.25, 0.3) is 5.91 Å². The van der Waals surface area contributed by atoms with E-state index in [1.807, 2.05) is 18.5 Å². The molecule has 3 rings (SSSR count). The van der Waals surface area contributed by atoms with Crippen LogP contribution in [0.15, 0.2) is 30.6 Å². The molecule has 10 nitrogen and oxygen atoms in total. The number of carbonyl (C=O) groups is 2. The van der Waals surface area contributed by atoms with Crippen molar-refractivity contribution in [2.45, 2.75) is 47.1 Å². The van der Waals surface area contributed by atoms with Crippen molar-refractivity contribution in [3.05, 3.63) is 53.1 Å². The van der Waals surface area contributed by atoms with Crippen LogP contribution >= 0.6 is 0 Å². The molecule has 0 aliphatic rings. The van der Waals surface area contributed by atoms with E-state index in [-0.39, 0.29) is 12.3 Å². The van der Waals surface area contributed by atoms with Gasteiger partial charge in [0.05, 0.1) is 11.4 Å². The molecule has 30 heavy (non-hydrogen) atoms. The van der Waals surface area contributed by atoms with Crippen molar-refractivity contribution in [3.8, 4) is 5.69 Å². The summed E-state index contributed by atoms with van der Waals surface area (Å²) in [5.41, 5.74) is 9.15. The summed E-state index contributed by atoms with van der Waals surface area (Å²) in [6.07, 6.45) is 2.29. The molecule has 1 aromatic carbocycles. The Hall–Kier alpha value is -3.56. The first-order valence-electron chi connectivity index (χ1n) is 9.80. The average Bonchev–Trinajstić information content (AvgIpc) is 3.34. The van der Waals surface area contributed by atoms with Crippen LogP contribution in [0, 0.1) is 19.8 Å². The van der Waals surface area contributed by atoms with Gasteiger partial charge in [-0.2, -0.15) is 5.10 Å². The highest BCUT2D eigenvalue weighted by Crippen LogP contribution is 2.16. The van der Waals surface area contributed by atoms with Crippen LogP contribution in [-0.2, 0) is 17.8 Å². The smallest absolute Gasteiger partial charge is 0.269 e. The van der Waals surface area contributed by atoms with Gasteiger partial charge < -0.3 is 0 Å². The van der Waals surface area contributed by atoms with Crippen LogP contribution in [0.25, 0.3) is 5.69 Å². The van der Waals surface area contributed by atoms with Crippen molar-refractivity contribution in [2.24, 2.45) is 5.92 Å². The van der Waals surface area contributed by atoms with Crippen molar-refractivity contribution in [3.63, 3.8) is 0 Å². The molecule has 2 amide bonds. The molecule has 10 heteroatoms. The summed E-state index contributed by atoms with van der Waals surface area (Å²) in [6.45, 7) is 9.12. The van der Waals surface area contributed by atoms with Crippen molar-refractivity contribution in [2.75, 3.05) is 0 Å². The lowest BCUT2D eigenvalue weighted by Crippen LogP contribution is -2.41. The molecule has 0 aliphatic carbocycles. The number of rotatable bonds is 7. The summed E-state index contributed by atoms with van der Waals surface area (Å²) in [6, 6.07) is 6.70. The van der Waals surface area contributed by atoms with E-state index >= 15 is 0 Å². The van der Waals surface area contributed by atoms with Crippen LogP contribution in [0.5, 0.6) is 0 Å². The van der Waals surface area contributed by atoms with E-state index in [0.29, 0.717) is 17.9 Å². The normalized spacial score (nSPS) is 11.0. The Bertz CT molecular complexity index is 1010. The summed E-state index contributed by atoms with van der Waals surface area (Å²) >= 11 is 0. The Morgan fingerprint density at radius 3 is 2.47 bits per heavy atom. The Morgan fingerprint density at radius 1 is 1.10 bits per heavy atom. The molecule has 0 spiro atoms. The molecule has 0 atom stereocenters. The van der Waals surface area contributed by atoms with Crippen molar-refractivity contribution in [1.29, 1.82) is 0 Å². The highest BCUT2D eigenvalue weighted by molar-refractivity contribution is 5.95. The quantitative estimate of drug-likeness (QED) is 0.570. The molecule has 2 aromatic heterocycles. The van der Waals surface area contributed by atoms with E-state index in [9.17, 15) is 9.59 Å². The van der Waals surface area contributed by atoms with Gasteiger partial charge in [-0.3, -0.25) is 25.1 Å². The van der Waals surface area contributed by atoms with Gasteiger partial charge in [-0.25, -0.2) is 4.68 Å². The summed E-state index contributed by atoms with van der Waals surface area (Å²) in [5, 5.41) is 15.5. The number of nitrogens with zero attached hydrogens (tertiary/aromatic N) is 6. The number of tetrazole rings is 1. The minimum atomic E-state index is -0.399. The van der Waals surface area contributed by atoms with Crippen LogP contribution in [0.4, 0.5) is 0 Å². The van der Waals surface area contributed by atoms with E-state index < -0.39 is 5.91 Å². The predicted molar refractivity (Wildman–Crippen MR) is 110 cm³/mol. The Kier molecular flexibility index (Phi) is 6.55. The molecular formula is C20H26N8O2. The second-order valence-corrected chi connectivity index (χ2v) is 7.53. The third-order valence-corrected chi connectivity index (χ3v) is 4.73. The zero-order valence-electron chi connectivity index (χ0n) is 17.6. The molecule has 3 aromatic rings. The minimum absolute atomic E-state index is 0.258. The van der Waals surface area contributed by atoms with Gasteiger partial charge in [0, 0.05) is 24.2 Å².